The fourth-order valence-electron chi connectivity index (χ4n) is 2.60. The number of ether oxygens (including phenoxy) is 1. The zero-order valence-electron chi connectivity index (χ0n) is 10.8. The molecule has 19 heavy (non-hydrogen) atoms. The average molecular weight is 322 g/mol. The van der Waals surface area contributed by atoms with Crippen LogP contribution >= 0.6 is 15.9 Å². The number of methoxy groups -OCH3 is 1. The van der Waals surface area contributed by atoms with E-state index in [4.69, 9.17) is 4.74 Å². The van der Waals surface area contributed by atoms with Gasteiger partial charge in [0.25, 0.3) is 0 Å². The third kappa shape index (κ3) is 2.58. The summed E-state index contributed by atoms with van der Waals surface area (Å²) >= 11 is 3.44. The second-order valence-corrected chi connectivity index (χ2v) is 5.71. The van der Waals surface area contributed by atoms with Crippen LogP contribution in [-0.4, -0.2) is 36.3 Å². The van der Waals surface area contributed by atoms with Crippen molar-refractivity contribution in [2.45, 2.75) is 18.9 Å². The van der Waals surface area contributed by atoms with Crippen LogP contribution in [0.25, 0.3) is 11.0 Å². The molecule has 0 aromatic carbocycles. The first-order valence-electron chi connectivity index (χ1n) is 6.46. The fraction of sp³-hybridized carbons (Fsp3) is 0.429. The third-order valence-electron chi connectivity index (χ3n) is 3.58. The molecule has 3 rings (SSSR count). The van der Waals surface area contributed by atoms with Crippen molar-refractivity contribution in [3.05, 3.63) is 29.0 Å². The van der Waals surface area contributed by atoms with Gasteiger partial charge in [-0.15, -0.1) is 0 Å². The van der Waals surface area contributed by atoms with Gasteiger partial charge in [0.2, 0.25) is 0 Å². The number of halogens is 1. The van der Waals surface area contributed by atoms with Gasteiger partial charge in [-0.25, -0.2) is 0 Å². The normalized spacial score (nSPS) is 19.9. The molecule has 100 valence electrons. The maximum absolute atomic E-state index is 5.49. The van der Waals surface area contributed by atoms with Crippen molar-refractivity contribution in [2.24, 2.45) is 0 Å². The van der Waals surface area contributed by atoms with Crippen LogP contribution in [-0.2, 0) is 4.74 Å². The van der Waals surface area contributed by atoms with Crippen molar-refractivity contribution in [1.29, 1.82) is 0 Å². The van der Waals surface area contributed by atoms with E-state index in [2.05, 4.69) is 30.8 Å². The molecule has 0 aliphatic carbocycles. The van der Waals surface area contributed by atoms with Crippen LogP contribution < -0.4 is 4.90 Å². The van der Waals surface area contributed by atoms with Crippen molar-refractivity contribution in [3.8, 4) is 0 Å². The first-order chi connectivity index (χ1) is 9.28. The molecule has 0 bridgehead atoms. The summed E-state index contributed by atoms with van der Waals surface area (Å²) in [5.74, 6) is 0. The zero-order chi connectivity index (χ0) is 13.2. The van der Waals surface area contributed by atoms with Gasteiger partial charge in [0.1, 0.15) is 5.52 Å². The Morgan fingerprint density at radius 3 is 3.16 bits per heavy atom. The summed E-state index contributed by atoms with van der Waals surface area (Å²) in [5, 5.41) is 0. The van der Waals surface area contributed by atoms with Crippen LogP contribution in [0, 0.1) is 0 Å². The van der Waals surface area contributed by atoms with Crippen LogP contribution in [0.4, 0.5) is 5.69 Å². The van der Waals surface area contributed by atoms with Gasteiger partial charge >= 0.3 is 0 Å². The summed E-state index contributed by atoms with van der Waals surface area (Å²) in [6.07, 6.45) is 6.27. The number of fused-ring (bicyclic) bond motifs is 1. The van der Waals surface area contributed by atoms with E-state index in [1.54, 1.807) is 7.11 Å². The largest absolute Gasteiger partial charge is 0.380 e. The number of nitrogens with zero attached hydrogens (tertiary/aromatic N) is 3. The number of hydrogen-bond acceptors (Lipinski definition) is 4. The molecule has 4 nitrogen and oxygen atoms in total. The predicted molar refractivity (Wildman–Crippen MR) is 79.5 cm³/mol. The second-order valence-electron chi connectivity index (χ2n) is 4.80. The first-order valence-corrected chi connectivity index (χ1v) is 7.25. The first kappa shape index (κ1) is 12.8. The maximum Gasteiger partial charge on any atom is 0.112 e. The van der Waals surface area contributed by atoms with E-state index in [1.165, 1.54) is 0 Å². The molecule has 3 heterocycles. The molecule has 0 N–H and O–H groups in total. The zero-order valence-corrected chi connectivity index (χ0v) is 12.4. The SMILES string of the molecule is COC1CCCN(c2ccnc3cc(Br)cnc23)C1. The van der Waals surface area contributed by atoms with Gasteiger partial charge in [-0.3, -0.25) is 9.97 Å². The van der Waals surface area contributed by atoms with E-state index in [0.29, 0.717) is 6.10 Å². The topological polar surface area (TPSA) is 38.2 Å². The molecular weight excluding hydrogens is 306 g/mol. The molecular formula is C14H16BrN3O. The fourth-order valence-corrected chi connectivity index (χ4v) is 2.92. The van der Waals surface area contributed by atoms with Gasteiger partial charge in [-0.2, -0.15) is 0 Å². The minimum atomic E-state index is 0.312. The molecule has 2 aromatic heterocycles. The molecule has 0 saturated carbocycles. The lowest BCUT2D eigenvalue weighted by atomic mass is 10.1. The number of aromatic nitrogens is 2. The number of rotatable bonds is 2. The van der Waals surface area contributed by atoms with E-state index in [9.17, 15) is 0 Å². The summed E-state index contributed by atoms with van der Waals surface area (Å²) in [6, 6.07) is 4.05. The lowest BCUT2D eigenvalue weighted by Gasteiger charge is -2.33. The molecule has 1 fully saturated rings. The Balaban J connectivity index is 2.00. The molecule has 0 radical (unpaired) electrons. The standard InChI is InChI=1S/C14H16BrN3O/c1-19-11-3-2-6-18(9-11)13-4-5-16-12-7-10(15)8-17-14(12)13/h4-5,7-8,11H,2-3,6,9H2,1H3. The highest BCUT2D eigenvalue weighted by atomic mass is 79.9. The molecule has 1 saturated heterocycles. The Morgan fingerprint density at radius 1 is 1.42 bits per heavy atom. The summed E-state index contributed by atoms with van der Waals surface area (Å²) in [6.45, 7) is 1.98. The highest BCUT2D eigenvalue weighted by Crippen LogP contribution is 2.28. The van der Waals surface area contributed by atoms with Gasteiger partial charge < -0.3 is 9.64 Å². The molecule has 1 aliphatic rings. The molecule has 1 atom stereocenters. The lowest BCUT2D eigenvalue weighted by molar-refractivity contribution is 0.0894. The van der Waals surface area contributed by atoms with E-state index in [-0.39, 0.29) is 0 Å². The average Bonchev–Trinajstić information content (AvgIpc) is 2.46. The van der Waals surface area contributed by atoms with Crippen LogP contribution in [0.15, 0.2) is 29.0 Å². The third-order valence-corrected chi connectivity index (χ3v) is 4.01. The van der Waals surface area contributed by atoms with Crippen molar-refractivity contribution < 1.29 is 4.74 Å². The predicted octanol–water partition coefficient (Wildman–Crippen LogP) is 3.01. The lowest BCUT2D eigenvalue weighted by Crippen LogP contribution is -2.39. The van der Waals surface area contributed by atoms with Crippen LogP contribution in [0.2, 0.25) is 0 Å². The Kier molecular flexibility index (Phi) is 3.66. The number of pyridine rings is 2. The van der Waals surface area contributed by atoms with Gasteiger partial charge in [0.05, 0.1) is 17.3 Å². The molecule has 1 unspecified atom stereocenters. The van der Waals surface area contributed by atoms with E-state index in [0.717, 1.165) is 47.1 Å². The molecule has 1 aliphatic heterocycles. The summed E-state index contributed by atoms with van der Waals surface area (Å²) in [7, 11) is 1.79. The van der Waals surface area contributed by atoms with Crippen molar-refractivity contribution in [2.75, 3.05) is 25.1 Å². The van der Waals surface area contributed by atoms with Crippen LogP contribution in [0.3, 0.4) is 0 Å². The minimum Gasteiger partial charge on any atom is -0.380 e. The quantitative estimate of drug-likeness (QED) is 0.852. The second kappa shape index (κ2) is 5.43. The monoisotopic (exact) mass is 321 g/mol. The van der Waals surface area contributed by atoms with Crippen LogP contribution in [0.1, 0.15) is 12.8 Å². The highest BCUT2D eigenvalue weighted by molar-refractivity contribution is 9.10. The van der Waals surface area contributed by atoms with Gasteiger partial charge in [-0.05, 0) is 40.9 Å². The summed E-state index contributed by atoms with van der Waals surface area (Å²) in [5.41, 5.74) is 3.04. The van der Waals surface area contributed by atoms with Gasteiger partial charge in [-0.1, -0.05) is 0 Å². The van der Waals surface area contributed by atoms with E-state index < -0.39 is 0 Å². The maximum atomic E-state index is 5.49. The Hall–Kier alpha value is -1.20. The molecule has 0 amide bonds. The van der Waals surface area contributed by atoms with Crippen molar-refractivity contribution >= 4 is 32.7 Å². The van der Waals surface area contributed by atoms with Crippen LogP contribution in [0.5, 0.6) is 0 Å². The number of hydrogen-bond donors (Lipinski definition) is 0. The van der Waals surface area contributed by atoms with Gasteiger partial charge in [0.15, 0.2) is 0 Å². The Labute approximate surface area is 120 Å². The minimum absolute atomic E-state index is 0.312. The smallest absolute Gasteiger partial charge is 0.112 e. The molecule has 2 aromatic rings. The Bertz CT molecular complexity index is 590. The highest BCUT2D eigenvalue weighted by Gasteiger charge is 2.21. The Morgan fingerprint density at radius 2 is 2.32 bits per heavy atom. The van der Waals surface area contributed by atoms with E-state index in [1.807, 2.05) is 24.5 Å². The molecule has 5 heteroatoms. The van der Waals surface area contributed by atoms with Gasteiger partial charge in [0, 0.05) is 37.1 Å². The molecule has 0 spiro atoms. The van der Waals surface area contributed by atoms with E-state index >= 15 is 0 Å². The number of piperidine rings is 1. The van der Waals surface area contributed by atoms with Crippen molar-refractivity contribution in [3.63, 3.8) is 0 Å². The van der Waals surface area contributed by atoms with Crippen molar-refractivity contribution in [1.82, 2.24) is 9.97 Å². The summed E-state index contributed by atoms with van der Waals surface area (Å²) in [4.78, 5) is 11.3. The number of anilines is 1. The summed E-state index contributed by atoms with van der Waals surface area (Å²) < 4.78 is 6.45.